The van der Waals surface area contributed by atoms with Gasteiger partial charge in [0, 0.05) is 11.8 Å². The van der Waals surface area contributed by atoms with E-state index < -0.39 is 10.1 Å². The lowest BCUT2D eigenvalue weighted by molar-refractivity contribution is -0.131. The molecule has 0 aliphatic carbocycles. The van der Waals surface area contributed by atoms with Gasteiger partial charge in [0.15, 0.2) is 5.84 Å². The van der Waals surface area contributed by atoms with Crippen molar-refractivity contribution in [2.45, 2.75) is 0 Å². The average Bonchev–Trinajstić information content (AvgIpc) is 2.40. The number of halogens is 1. The molecule has 1 aliphatic rings. The van der Waals surface area contributed by atoms with Crippen molar-refractivity contribution in [2.75, 3.05) is 26.0 Å². The van der Waals surface area contributed by atoms with Crippen LogP contribution in [0, 0.1) is 0 Å². The minimum Gasteiger partial charge on any atom is -0.359 e. The van der Waals surface area contributed by atoms with Crippen LogP contribution in [-0.2, 0) is 19.1 Å². The monoisotopic (exact) mass is 332 g/mol. The first-order valence-electron chi connectivity index (χ1n) is 5.94. The van der Waals surface area contributed by atoms with Gasteiger partial charge in [0.1, 0.15) is 5.15 Å². The van der Waals surface area contributed by atoms with Gasteiger partial charge in [-0.05, 0) is 12.1 Å². The Kier molecular flexibility index (Phi) is 4.76. The van der Waals surface area contributed by atoms with Gasteiger partial charge < -0.3 is 5.32 Å². The van der Waals surface area contributed by atoms with Gasteiger partial charge in [0.2, 0.25) is 0 Å². The Hall–Kier alpha value is -1.71. The number of amidine groups is 1. The zero-order valence-electron chi connectivity index (χ0n) is 11.1. The van der Waals surface area contributed by atoms with Crippen LogP contribution in [0.3, 0.4) is 0 Å². The van der Waals surface area contributed by atoms with Crippen molar-refractivity contribution in [3.05, 3.63) is 29.0 Å². The van der Waals surface area contributed by atoms with Crippen LogP contribution in [-0.4, -0.2) is 56.1 Å². The number of aromatic nitrogens is 1. The minimum absolute atomic E-state index is 0.0398. The average molecular weight is 333 g/mol. The molecule has 0 atom stereocenters. The normalized spacial score (nSPS) is 15.6. The van der Waals surface area contributed by atoms with Crippen LogP contribution in [0.5, 0.6) is 0 Å². The highest BCUT2D eigenvalue weighted by Gasteiger charge is 2.21. The second-order valence-corrected chi connectivity index (χ2v) is 6.25. The quantitative estimate of drug-likeness (QED) is 0.592. The minimum atomic E-state index is -3.54. The van der Waals surface area contributed by atoms with E-state index >= 15 is 0 Å². The number of nitrogens with zero attached hydrogens (tertiary/aromatic N) is 3. The lowest BCUT2D eigenvalue weighted by atomic mass is 10.2. The maximum atomic E-state index is 11.7. The molecule has 0 spiro atoms. The summed E-state index contributed by atoms with van der Waals surface area (Å²) in [4.78, 5) is 15.6. The van der Waals surface area contributed by atoms with Crippen LogP contribution in [0.2, 0.25) is 5.15 Å². The van der Waals surface area contributed by atoms with Gasteiger partial charge in [0.05, 0.1) is 26.0 Å². The Bertz CT molecular complexity index is 659. The largest absolute Gasteiger partial charge is 0.359 e. The number of amides is 1. The third-order valence-corrected chi connectivity index (χ3v) is 3.34. The van der Waals surface area contributed by atoms with Gasteiger partial charge >= 0.3 is 0 Å². The van der Waals surface area contributed by atoms with Crippen LogP contribution in [0.15, 0.2) is 23.4 Å². The molecule has 0 fully saturated rings. The molecule has 10 heteroatoms. The van der Waals surface area contributed by atoms with E-state index in [0.29, 0.717) is 16.6 Å². The Balaban J connectivity index is 2.08. The molecule has 1 N–H and O–H groups in total. The Morgan fingerprint density at radius 1 is 1.48 bits per heavy atom. The Morgan fingerprint density at radius 2 is 2.24 bits per heavy atom. The Labute approximate surface area is 126 Å². The molecule has 0 radical (unpaired) electrons. The van der Waals surface area contributed by atoms with Crippen molar-refractivity contribution in [3.63, 3.8) is 0 Å². The van der Waals surface area contributed by atoms with Crippen molar-refractivity contribution >= 4 is 33.5 Å². The molecule has 1 amide bonds. The number of carbonyl (C=O) groups excluding carboxylic acids is 1. The second kappa shape index (κ2) is 6.37. The van der Waals surface area contributed by atoms with E-state index in [-0.39, 0.29) is 25.6 Å². The standard InChI is InChI=1S/C11H13ClN4O4S/c1-21(18,19)20-5-4-16-10(17)7-14-11(15-16)8-2-3-9(12)13-6-8/h2-3,6H,4-5,7H2,1H3,(H,14,15). The van der Waals surface area contributed by atoms with Crippen LogP contribution in [0.1, 0.15) is 5.56 Å². The summed E-state index contributed by atoms with van der Waals surface area (Å²) >= 11 is 5.70. The lowest BCUT2D eigenvalue weighted by Gasteiger charge is -2.24. The molecule has 114 valence electrons. The summed E-state index contributed by atoms with van der Waals surface area (Å²) in [5, 5.41) is 8.48. The molecule has 0 bridgehead atoms. The second-order valence-electron chi connectivity index (χ2n) is 4.21. The van der Waals surface area contributed by atoms with E-state index in [4.69, 9.17) is 11.6 Å². The number of hydrazone groups is 1. The summed E-state index contributed by atoms with van der Waals surface area (Å²) in [6.07, 6.45) is 2.47. The van der Waals surface area contributed by atoms with Crippen LogP contribution in [0.4, 0.5) is 0 Å². The topological polar surface area (TPSA) is 101 Å². The van der Waals surface area contributed by atoms with Gasteiger partial charge in [0.25, 0.3) is 16.0 Å². The van der Waals surface area contributed by atoms with Crippen molar-refractivity contribution < 1.29 is 17.4 Å². The first-order valence-corrected chi connectivity index (χ1v) is 8.14. The molecule has 8 nitrogen and oxygen atoms in total. The fourth-order valence-corrected chi connectivity index (χ4v) is 2.08. The van der Waals surface area contributed by atoms with Crippen LogP contribution in [0.25, 0.3) is 0 Å². The van der Waals surface area contributed by atoms with Gasteiger partial charge in [-0.1, -0.05) is 11.6 Å². The van der Waals surface area contributed by atoms with Crippen molar-refractivity contribution in [1.29, 1.82) is 0 Å². The highest BCUT2D eigenvalue weighted by molar-refractivity contribution is 7.85. The molecule has 2 rings (SSSR count). The molecule has 1 aliphatic heterocycles. The predicted octanol–water partition coefficient (Wildman–Crippen LogP) is -0.195. The molecular formula is C11H13ClN4O4S. The Morgan fingerprint density at radius 3 is 2.86 bits per heavy atom. The number of rotatable bonds is 5. The molecule has 0 saturated heterocycles. The van der Waals surface area contributed by atoms with E-state index in [1.165, 1.54) is 6.20 Å². The molecular weight excluding hydrogens is 320 g/mol. The number of pyridine rings is 1. The third-order valence-electron chi connectivity index (χ3n) is 2.52. The molecule has 0 aromatic carbocycles. The zero-order valence-corrected chi connectivity index (χ0v) is 12.7. The smallest absolute Gasteiger partial charge is 0.264 e. The number of hydrogen-bond donors (Lipinski definition) is 1. The zero-order chi connectivity index (χ0) is 15.5. The van der Waals surface area contributed by atoms with E-state index in [0.717, 1.165) is 11.3 Å². The maximum absolute atomic E-state index is 11.7. The van der Waals surface area contributed by atoms with Gasteiger partial charge in [-0.15, -0.1) is 0 Å². The highest BCUT2D eigenvalue weighted by Crippen LogP contribution is 2.08. The van der Waals surface area contributed by atoms with Crippen molar-refractivity contribution in [1.82, 2.24) is 15.3 Å². The van der Waals surface area contributed by atoms with Gasteiger partial charge in [-0.2, -0.15) is 13.5 Å². The molecule has 2 heterocycles. The van der Waals surface area contributed by atoms with Crippen LogP contribution < -0.4 is 5.32 Å². The fourth-order valence-electron chi connectivity index (χ4n) is 1.59. The summed E-state index contributed by atoms with van der Waals surface area (Å²) in [6.45, 7) is -0.0569. The molecule has 1 aromatic heterocycles. The molecule has 1 aromatic rings. The van der Waals surface area contributed by atoms with E-state index in [2.05, 4.69) is 19.6 Å². The molecule has 0 saturated carbocycles. The van der Waals surface area contributed by atoms with Crippen molar-refractivity contribution in [2.24, 2.45) is 5.10 Å². The lowest BCUT2D eigenvalue weighted by Crippen LogP contribution is -2.45. The summed E-state index contributed by atoms with van der Waals surface area (Å²) in [7, 11) is -3.54. The number of nitrogens with one attached hydrogen (secondary N) is 1. The summed E-state index contributed by atoms with van der Waals surface area (Å²) in [5.74, 6) is 0.177. The van der Waals surface area contributed by atoms with E-state index in [1.807, 2.05) is 0 Å². The van der Waals surface area contributed by atoms with E-state index in [1.54, 1.807) is 12.1 Å². The summed E-state index contributed by atoms with van der Waals surface area (Å²) in [6, 6.07) is 3.32. The van der Waals surface area contributed by atoms with E-state index in [9.17, 15) is 13.2 Å². The molecule has 21 heavy (non-hydrogen) atoms. The highest BCUT2D eigenvalue weighted by atomic mass is 35.5. The van der Waals surface area contributed by atoms with Crippen molar-refractivity contribution in [3.8, 4) is 0 Å². The molecule has 0 unspecified atom stereocenters. The SMILES string of the molecule is CS(=O)(=O)OCCN1N=C(c2ccc(Cl)nc2)NCC1=O. The first kappa shape index (κ1) is 15.7. The first-order chi connectivity index (χ1) is 9.85. The number of hydrogen-bond acceptors (Lipinski definition) is 7. The fraction of sp³-hybridized carbons (Fsp3) is 0.364. The maximum Gasteiger partial charge on any atom is 0.264 e. The summed E-state index contributed by atoms with van der Waals surface area (Å²) in [5.41, 5.74) is 0.668. The third kappa shape index (κ3) is 4.66. The summed E-state index contributed by atoms with van der Waals surface area (Å²) < 4.78 is 26.4. The van der Waals surface area contributed by atoms with Gasteiger partial charge in [-0.25, -0.2) is 9.99 Å². The number of carbonyl (C=O) groups is 1. The van der Waals surface area contributed by atoms with Gasteiger partial charge in [-0.3, -0.25) is 8.98 Å². The van der Waals surface area contributed by atoms with Crippen LogP contribution >= 0.6 is 11.6 Å². The predicted molar refractivity (Wildman–Crippen MR) is 76.3 cm³/mol.